The second kappa shape index (κ2) is 7.21. The fraction of sp³-hybridized carbons (Fsp3) is 0.375. The molecule has 1 aromatic heterocycles. The van der Waals surface area contributed by atoms with Gasteiger partial charge in [0.2, 0.25) is 0 Å². The van der Waals surface area contributed by atoms with Gasteiger partial charge in [0, 0.05) is 30.8 Å². The SMILES string of the molecule is Cc1ccc(CC(C)NC(C)c2ccc(Br)cc2Br)s1. The summed E-state index contributed by atoms with van der Waals surface area (Å²) < 4.78 is 2.24. The Morgan fingerprint density at radius 1 is 1.15 bits per heavy atom. The molecule has 1 heterocycles. The average Bonchev–Trinajstić information content (AvgIpc) is 2.74. The lowest BCUT2D eigenvalue weighted by Gasteiger charge is -2.21. The number of halogens is 2. The lowest BCUT2D eigenvalue weighted by molar-refractivity contribution is 0.478. The normalized spacial score (nSPS) is 14.2. The zero-order valence-electron chi connectivity index (χ0n) is 11.9. The van der Waals surface area contributed by atoms with E-state index < -0.39 is 0 Å². The van der Waals surface area contributed by atoms with Gasteiger partial charge < -0.3 is 5.32 Å². The maximum atomic E-state index is 3.68. The van der Waals surface area contributed by atoms with Crippen molar-refractivity contribution in [3.8, 4) is 0 Å². The van der Waals surface area contributed by atoms with Crippen LogP contribution >= 0.6 is 43.2 Å². The number of thiophene rings is 1. The highest BCUT2D eigenvalue weighted by Crippen LogP contribution is 2.27. The van der Waals surface area contributed by atoms with Gasteiger partial charge in [0.15, 0.2) is 0 Å². The Morgan fingerprint density at radius 3 is 2.50 bits per heavy atom. The summed E-state index contributed by atoms with van der Waals surface area (Å²) in [5.41, 5.74) is 1.29. The van der Waals surface area contributed by atoms with Gasteiger partial charge in [-0.05, 0) is 57.0 Å². The van der Waals surface area contributed by atoms with Gasteiger partial charge in [0.05, 0.1) is 0 Å². The van der Waals surface area contributed by atoms with Gasteiger partial charge in [-0.15, -0.1) is 11.3 Å². The van der Waals surface area contributed by atoms with E-state index in [1.54, 1.807) is 0 Å². The molecule has 1 N–H and O–H groups in total. The number of benzene rings is 1. The minimum atomic E-state index is 0.327. The van der Waals surface area contributed by atoms with Crippen molar-refractivity contribution in [1.82, 2.24) is 5.32 Å². The largest absolute Gasteiger partial charge is 0.307 e. The monoisotopic (exact) mass is 415 g/mol. The van der Waals surface area contributed by atoms with Crippen LogP contribution in [0.1, 0.15) is 35.2 Å². The molecule has 1 nitrogen and oxygen atoms in total. The first kappa shape index (κ1) is 16.2. The van der Waals surface area contributed by atoms with Crippen molar-refractivity contribution in [2.75, 3.05) is 0 Å². The molecule has 0 aliphatic rings. The maximum absolute atomic E-state index is 3.68. The van der Waals surface area contributed by atoms with E-state index in [0.29, 0.717) is 12.1 Å². The van der Waals surface area contributed by atoms with Crippen LogP contribution in [0, 0.1) is 6.92 Å². The molecule has 0 saturated carbocycles. The van der Waals surface area contributed by atoms with E-state index in [2.05, 4.69) is 88.3 Å². The molecule has 2 atom stereocenters. The van der Waals surface area contributed by atoms with Crippen molar-refractivity contribution >= 4 is 43.2 Å². The molecule has 0 saturated heterocycles. The first-order valence-corrected chi connectivity index (χ1v) is 9.12. The van der Waals surface area contributed by atoms with Crippen LogP contribution in [0.25, 0.3) is 0 Å². The van der Waals surface area contributed by atoms with Crippen LogP contribution in [-0.2, 0) is 6.42 Å². The standard InChI is InChI=1S/C16H19Br2NS/c1-10(8-14-6-4-11(2)20-14)19-12(3)15-7-5-13(17)9-16(15)18/h4-7,9-10,12,19H,8H2,1-3H3. The molecule has 0 aliphatic heterocycles. The molecule has 4 heteroatoms. The van der Waals surface area contributed by atoms with Gasteiger partial charge in [-0.3, -0.25) is 0 Å². The molecule has 0 spiro atoms. The predicted octanol–water partition coefficient (Wildman–Crippen LogP) is 5.86. The third-order valence-corrected chi connectivity index (χ3v) is 5.47. The van der Waals surface area contributed by atoms with Crippen molar-refractivity contribution in [3.63, 3.8) is 0 Å². The smallest absolute Gasteiger partial charge is 0.0305 e. The van der Waals surface area contributed by atoms with Crippen LogP contribution in [0.5, 0.6) is 0 Å². The van der Waals surface area contributed by atoms with Gasteiger partial charge >= 0.3 is 0 Å². The molecular weight excluding hydrogens is 398 g/mol. The van der Waals surface area contributed by atoms with E-state index in [-0.39, 0.29) is 0 Å². The van der Waals surface area contributed by atoms with Crippen LogP contribution < -0.4 is 5.32 Å². The zero-order chi connectivity index (χ0) is 14.7. The second-order valence-electron chi connectivity index (χ2n) is 5.17. The number of rotatable bonds is 5. The highest BCUT2D eigenvalue weighted by molar-refractivity contribution is 9.11. The Hall–Kier alpha value is -0.160. The lowest BCUT2D eigenvalue weighted by Crippen LogP contribution is -2.30. The van der Waals surface area contributed by atoms with E-state index in [9.17, 15) is 0 Å². The highest BCUT2D eigenvalue weighted by atomic mass is 79.9. The lowest BCUT2D eigenvalue weighted by atomic mass is 10.1. The molecule has 2 aromatic rings. The van der Waals surface area contributed by atoms with Crippen molar-refractivity contribution in [2.24, 2.45) is 0 Å². The van der Waals surface area contributed by atoms with E-state index in [1.807, 2.05) is 11.3 Å². The quantitative estimate of drug-likeness (QED) is 0.643. The Labute approximate surface area is 142 Å². The molecule has 0 fully saturated rings. The van der Waals surface area contributed by atoms with Crippen LogP contribution in [0.4, 0.5) is 0 Å². The predicted molar refractivity (Wildman–Crippen MR) is 95.6 cm³/mol. The van der Waals surface area contributed by atoms with E-state index in [0.717, 1.165) is 15.4 Å². The van der Waals surface area contributed by atoms with Crippen LogP contribution in [0.2, 0.25) is 0 Å². The Kier molecular flexibility index (Phi) is 5.84. The summed E-state index contributed by atoms with van der Waals surface area (Å²) in [6.45, 7) is 6.62. The maximum Gasteiger partial charge on any atom is 0.0305 e. The molecule has 0 radical (unpaired) electrons. The summed E-state index contributed by atoms with van der Waals surface area (Å²) >= 11 is 9.02. The van der Waals surface area contributed by atoms with Gasteiger partial charge in [-0.25, -0.2) is 0 Å². The topological polar surface area (TPSA) is 12.0 Å². The van der Waals surface area contributed by atoms with Gasteiger partial charge in [-0.2, -0.15) is 0 Å². The fourth-order valence-electron chi connectivity index (χ4n) is 2.32. The number of aryl methyl sites for hydroxylation is 1. The third kappa shape index (κ3) is 4.42. The Balaban J connectivity index is 1.98. The molecule has 0 bridgehead atoms. The minimum absolute atomic E-state index is 0.327. The average molecular weight is 417 g/mol. The molecule has 0 aliphatic carbocycles. The summed E-state index contributed by atoms with van der Waals surface area (Å²) in [4.78, 5) is 2.83. The van der Waals surface area contributed by atoms with Crippen molar-refractivity contribution < 1.29 is 0 Å². The fourth-order valence-corrected chi connectivity index (χ4v) is 4.73. The van der Waals surface area contributed by atoms with Gasteiger partial charge in [-0.1, -0.05) is 37.9 Å². The highest BCUT2D eigenvalue weighted by Gasteiger charge is 2.13. The van der Waals surface area contributed by atoms with Gasteiger partial charge in [0.1, 0.15) is 0 Å². The first-order valence-electron chi connectivity index (χ1n) is 6.72. The molecular formula is C16H19Br2NS. The van der Waals surface area contributed by atoms with Crippen molar-refractivity contribution in [1.29, 1.82) is 0 Å². The molecule has 1 aromatic carbocycles. The Morgan fingerprint density at radius 2 is 1.90 bits per heavy atom. The molecule has 2 rings (SSSR count). The van der Waals surface area contributed by atoms with Gasteiger partial charge in [0.25, 0.3) is 0 Å². The summed E-state index contributed by atoms with van der Waals surface area (Å²) in [5.74, 6) is 0. The summed E-state index contributed by atoms with van der Waals surface area (Å²) in [5, 5.41) is 3.68. The van der Waals surface area contributed by atoms with E-state index >= 15 is 0 Å². The number of hydrogen-bond acceptors (Lipinski definition) is 2. The Bertz CT molecular complexity index is 580. The van der Waals surface area contributed by atoms with Crippen LogP contribution in [0.15, 0.2) is 39.3 Å². The molecule has 108 valence electrons. The van der Waals surface area contributed by atoms with Crippen molar-refractivity contribution in [3.05, 3.63) is 54.6 Å². The van der Waals surface area contributed by atoms with Crippen LogP contribution in [0.3, 0.4) is 0 Å². The van der Waals surface area contributed by atoms with Crippen LogP contribution in [-0.4, -0.2) is 6.04 Å². The summed E-state index contributed by atoms with van der Waals surface area (Å²) in [6, 6.07) is 11.6. The number of nitrogens with one attached hydrogen (secondary N) is 1. The first-order chi connectivity index (χ1) is 9.45. The summed E-state index contributed by atoms with van der Waals surface area (Å²) in [6.07, 6.45) is 1.08. The zero-order valence-corrected chi connectivity index (χ0v) is 15.9. The minimum Gasteiger partial charge on any atom is -0.307 e. The molecule has 0 amide bonds. The third-order valence-electron chi connectivity index (χ3n) is 3.27. The van der Waals surface area contributed by atoms with Crippen molar-refractivity contribution in [2.45, 2.75) is 39.3 Å². The second-order valence-corrected chi connectivity index (χ2v) is 8.31. The summed E-state index contributed by atoms with van der Waals surface area (Å²) in [7, 11) is 0. The molecule has 2 unspecified atom stereocenters. The van der Waals surface area contributed by atoms with E-state index in [4.69, 9.17) is 0 Å². The number of hydrogen-bond donors (Lipinski definition) is 1. The molecule has 20 heavy (non-hydrogen) atoms. The van der Waals surface area contributed by atoms with E-state index in [1.165, 1.54) is 15.3 Å².